The molecule has 1 amide bonds. The van der Waals surface area contributed by atoms with E-state index >= 15 is 0 Å². The molecular weight excluding hydrogens is 384 g/mol. The molecule has 0 atom stereocenters. The van der Waals surface area contributed by atoms with Gasteiger partial charge in [-0.25, -0.2) is 8.42 Å². The molecule has 0 aliphatic rings. The molecule has 0 bridgehead atoms. The highest BCUT2D eigenvalue weighted by Gasteiger charge is 2.27. The fraction of sp³-hybridized carbons (Fsp3) is 0.174. The lowest BCUT2D eigenvalue weighted by Crippen LogP contribution is -2.38. The predicted octanol–water partition coefficient (Wildman–Crippen LogP) is 4.39. The maximum atomic E-state index is 13.3. The third-order valence-electron chi connectivity index (χ3n) is 4.67. The number of hydrogen-bond acceptors (Lipinski definition) is 3. The Morgan fingerprint density at radius 1 is 0.897 bits per heavy atom. The normalized spacial score (nSPS) is 11.1. The number of nitrogens with zero attached hydrogens (tertiary/aromatic N) is 1. The van der Waals surface area contributed by atoms with Crippen LogP contribution in [0.5, 0.6) is 0 Å². The minimum Gasteiger partial charge on any atom is -0.324 e. The van der Waals surface area contributed by atoms with Crippen molar-refractivity contribution >= 4 is 27.3 Å². The Kier molecular flexibility index (Phi) is 6.34. The molecule has 3 aromatic rings. The second-order valence-electron chi connectivity index (χ2n) is 6.67. The molecule has 0 aromatic heterocycles. The molecule has 5 nitrogen and oxygen atoms in total. The second kappa shape index (κ2) is 8.92. The van der Waals surface area contributed by atoms with Crippen LogP contribution in [0.3, 0.4) is 0 Å². The first-order valence-electron chi connectivity index (χ1n) is 9.44. The number of nitrogens with one attached hydrogen (secondary N) is 1. The molecule has 0 heterocycles. The number of carbonyl (C=O) groups excluding carboxylic acids is 1. The first kappa shape index (κ1) is 20.6. The minimum atomic E-state index is -3.89. The van der Waals surface area contributed by atoms with E-state index in [4.69, 9.17) is 0 Å². The third kappa shape index (κ3) is 4.66. The van der Waals surface area contributed by atoms with Gasteiger partial charge in [0, 0.05) is 5.69 Å². The smallest absolute Gasteiger partial charge is 0.264 e. The number of rotatable bonds is 7. The minimum absolute atomic E-state index is 0.141. The monoisotopic (exact) mass is 408 g/mol. The number of para-hydroxylation sites is 2. The Bertz CT molecular complexity index is 1080. The van der Waals surface area contributed by atoms with Gasteiger partial charge in [-0.2, -0.15) is 0 Å². The maximum absolute atomic E-state index is 13.3. The number of sulfonamides is 1. The van der Waals surface area contributed by atoms with Gasteiger partial charge < -0.3 is 5.32 Å². The Morgan fingerprint density at radius 2 is 1.52 bits per heavy atom. The Labute approximate surface area is 172 Å². The van der Waals surface area contributed by atoms with Crippen molar-refractivity contribution in [3.05, 3.63) is 90.0 Å². The molecule has 1 N–H and O–H groups in total. The van der Waals surface area contributed by atoms with Crippen molar-refractivity contribution in [1.82, 2.24) is 0 Å². The highest BCUT2D eigenvalue weighted by molar-refractivity contribution is 7.92. The summed E-state index contributed by atoms with van der Waals surface area (Å²) in [5.74, 6) is -0.391. The first-order chi connectivity index (χ1) is 13.9. The van der Waals surface area contributed by atoms with Crippen molar-refractivity contribution in [1.29, 1.82) is 0 Å². The zero-order valence-electron chi connectivity index (χ0n) is 16.5. The van der Waals surface area contributed by atoms with Gasteiger partial charge in [0.15, 0.2) is 0 Å². The largest absolute Gasteiger partial charge is 0.324 e. The van der Waals surface area contributed by atoms with Crippen LogP contribution in [0.25, 0.3) is 0 Å². The topological polar surface area (TPSA) is 66.5 Å². The highest BCUT2D eigenvalue weighted by atomic mass is 32.2. The van der Waals surface area contributed by atoms with E-state index in [9.17, 15) is 13.2 Å². The van der Waals surface area contributed by atoms with E-state index in [0.29, 0.717) is 5.69 Å². The van der Waals surface area contributed by atoms with Crippen LogP contribution in [0.2, 0.25) is 0 Å². The summed E-state index contributed by atoms with van der Waals surface area (Å²) in [5, 5.41) is 2.91. The molecule has 0 saturated heterocycles. The number of carbonyl (C=O) groups is 1. The first-order valence-corrected chi connectivity index (χ1v) is 10.9. The molecule has 150 valence electrons. The van der Waals surface area contributed by atoms with Crippen molar-refractivity contribution in [3.8, 4) is 0 Å². The highest BCUT2D eigenvalue weighted by Crippen LogP contribution is 2.25. The van der Waals surface area contributed by atoms with Gasteiger partial charge >= 0.3 is 0 Å². The molecule has 3 rings (SSSR count). The Hall–Kier alpha value is -3.12. The number of amides is 1. The van der Waals surface area contributed by atoms with Crippen LogP contribution in [0.4, 0.5) is 11.4 Å². The molecule has 0 spiro atoms. The molecule has 0 radical (unpaired) electrons. The van der Waals surface area contributed by atoms with Crippen LogP contribution in [-0.2, 0) is 21.2 Å². The van der Waals surface area contributed by atoms with Gasteiger partial charge in [0.1, 0.15) is 6.54 Å². The summed E-state index contributed by atoms with van der Waals surface area (Å²) in [7, 11) is -3.89. The van der Waals surface area contributed by atoms with E-state index in [1.165, 1.54) is 12.1 Å². The zero-order chi connectivity index (χ0) is 20.9. The quantitative estimate of drug-likeness (QED) is 0.630. The van der Waals surface area contributed by atoms with Crippen LogP contribution < -0.4 is 9.62 Å². The molecule has 0 unspecified atom stereocenters. The van der Waals surface area contributed by atoms with E-state index in [1.807, 2.05) is 32.0 Å². The van der Waals surface area contributed by atoms with Crippen molar-refractivity contribution < 1.29 is 13.2 Å². The average Bonchev–Trinajstić information content (AvgIpc) is 2.74. The lowest BCUT2D eigenvalue weighted by atomic mass is 10.1. The molecular formula is C23H24N2O3S. The number of benzene rings is 3. The molecule has 0 fully saturated rings. The third-order valence-corrected chi connectivity index (χ3v) is 6.46. The molecule has 0 aliphatic carbocycles. The van der Waals surface area contributed by atoms with E-state index in [0.717, 1.165) is 27.5 Å². The van der Waals surface area contributed by atoms with Crippen LogP contribution in [0.1, 0.15) is 18.1 Å². The van der Waals surface area contributed by atoms with Crippen LogP contribution in [0.15, 0.2) is 83.8 Å². The maximum Gasteiger partial charge on any atom is 0.264 e. The van der Waals surface area contributed by atoms with Gasteiger partial charge in [-0.15, -0.1) is 0 Å². The SMILES string of the molecule is CCc1cccc(C)c1NC(=O)CN(c1ccccc1)S(=O)(=O)c1ccccc1. The lowest BCUT2D eigenvalue weighted by molar-refractivity contribution is -0.114. The van der Waals surface area contributed by atoms with E-state index in [1.54, 1.807) is 48.5 Å². The second-order valence-corrected chi connectivity index (χ2v) is 8.53. The fourth-order valence-electron chi connectivity index (χ4n) is 3.14. The van der Waals surface area contributed by atoms with Crippen LogP contribution >= 0.6 is 0 Å². The number of anilines is 2. The molecule has 0 aliphatic heterocycles. The summed E-state index contributed by atoms with van der Waals surface area (Å²) >= 11 is 0. The zero-order valence-corrected chi connectivity index (χ0v) is 17.3. The standard InChI is InChI=1S/C23H24N2O3S/c1-3-19-12-10-11-18(2)23(19)24-22(26)17-25(20-13-6-4-7-14-20)29(27,28)21-15-8-5-9-16-21/h4-16H,3,17H2,1-2H3,(H,24,26). The van der Waals surface area contributed by atoms with Crippen molar-refractivity contribution in [2.45, 2.75) is 25.2 Å². The van der Waals surface area contributed by atoms with Gasteiger partial charge in [-0.1, -0.05) is 61.5 Å². The van der Waals surface area contributed by atoms with Crippen LogP contribution in [0, 0.1) is 6.92 Å². The Balaban J connectivity index is 1.94. The summed E-state index contributed by atoms with van der Waals surface area (Å²) in [6.07, 6.45) is 0.766. The molecule has 0 saturated carbocycles. The van der Waals surface area contributed by atoms with Crippen molar-refractivity contribution in [2.75, 3.05) is 16.2 Å². The summed E-state index contributed by atoms with van der Waals surface area (Å²) in [5.41, 5.74) is 3.13. The number of hydrogen-bond donors (Lipinski definition) is 1. The van der Waals surface area contributed by atoms with E-state index in [2.05, 4.69) is 5.32 Å². The van der Waals surface area contributed by atoms with Gasteiger partial charge in [-0.05, 0) is 48.7 Å². The molecule has 29 heavy (non-hydrogen) atoms. The summed E-state index contributed by atoms with van der Waals surface area (Å²) in [6, 6.07) is 22.6. The van der Waals surface area contributed by atoms with Crippen molar-refractivity contribution in [3.63, 3.8) is 0 Å². The van der Waals surface area contributed by atoms with Gasteiger partial charge in [0.25, 0.3) is 10.0 Å². The van der Waals surface area contributed by atoms with E-state index < -0.39 is 15.9 Å². The Morgan fingerprint density at radius 3 is 2.14 bits per heavy atom. The van der Waals surface area contributed by atoms with Crippen LogP contribution in [-0.4, -0.2) is 20.9 Å². The molecule has 3 aromatic carbocycles. The van der Waals surface area contributed by atoms with Gasteiger partial charge in [0.05, 0.1) is 10.6 Å². The fourth-order valence-corrected chi connectivity index (χ4v) is 4.58. The summed E-state index contributed by atoms with van der Waals surface area (Å²) in [4.78, 5) is 13.0. The predicted molar refractivity (Wildman–Crippen MR) is 117 cm³/mol. The molecule has 6 heteroatoms. The van der Waals surface area contributed by atoms with Gasteiger partial charge in [0.2, 0.25) is 5.91 Å². The van der Waals surface area contributed by atoms with Crippen molar-refractivity contribution in [2.24, 2.45) is 0 Å². The number of aryl methyl sites for hydroxylation is 2. The van der Waals surface area contributed by atoms with E-state index in [-0.39, 0.29) is 11.4 Å². The summed E-state index contributed by atoms with van der Waals surface area (Å²) < 4.78 is 27.7. The lowest BCUT2D eigenvalue weighted by Gasteiger charge is -2.24. The summed E-state index contributed by atoms with van der Waals surface area (Å²) in [6.45, 7) is 3.61. The van der Waals surface area contributed by atoms with Gasteiger partial charge in [-0.3, -0.25) is 9.10 Å². The average molecular weight is 409 g/mol.